The lowest BCUT2D eigenvalue weighted by molar-refractivity contribution is -0.132. The summed E-state index contributed by atoms with van der Waals surface area (Å²) in [5.41, 5.74) is 3.27. The molecule has 1 aliphatic carbocycles. The van der Waals surface area contributed by atoms with Crippen molar-refractivity contribution in [2.24, 2.45) is 0 Å². The third-order valence-corrected chi connectivity index (χ3v) is 4.26. The number of hydrogen-bond acceptors (Lipinski definition) is 1. The maximum atomic E-state index is 13.2. The highest BCUT2D eigenvalue weighted by molar-refractivity contribution is 5.77. The standard InChI is InChI=1S/C20H22FNO/c1-15-4-2-6-17(12-15)14-22(19-9-10-19)20(23)11-8-16-5-3-7-18(21)13-16/h2-7,12-13,19H,8-11,14H2,1H3. The first-order chi connectivity index (χ1) is 11.1. The predicted molar refractivity (Wildman–Crippen MR) is 89.5 cm³/mol. The van der Waals surface area contributed by atoms with Gasteiger partial charge in [-0.3, -0.25) is 4.79 Å². The second-order valence-electron chi connectivity index (χ2n) is 6.37. The van der Waals surface area contributed by atoms with E-state index in [1.165, 1.54) is 23.3 Å². The molecule has 0 unspecified atom stereocenters. The molecule has 23 heavy (non-hydrogen) atoms. The highest BCUT2D eigenvalue weighted by Crippen LogP contribution is 2.29. The fourth-order valence-corrected chi connectivity index (χ4v) is 2.90. The van der Waals surface area contributed by atoms with Crippen molar-refractivity contribution >= 4 is 5.91 Å². The fraction of sp³-hybridized carbons (Fsp3) is 0.350. The van der Waals surface area contributed by atoms with E-state index in [0.29, 0.717) is 25.4 Å². The van der Waals surface area contributed by atoms with Crippen molar-refractivity contribution in [3.8, 4) is 0 Å². The summed E-state index contributed by atoms with van der Waals surface area (Å²) in [5, 5.41) is 0. The van der Waals surface area contributed by atoms with E-state index in [1.54, 1.807) is 6.07 Å². The Kier molecular flexibility index (Phi) is 4.75. The number of rotatable bonds is 6. The van der Waals surface area contributed by atoms with Crippen molar-refractivity contribution < 1.29 is 9.18 Å². The van der Waals surface area contributed by atoms with Crippen LogP contribution in [0.25, 0.3) is 0 Å². The molecule has 0 aliphatic heterocycles. The third kappa shape index (κ3) is 4.41. The maximum absolute atomic E-state index is 13.2. The zero-order valence-electron chi connectivity index (χ0n) is 13.5. The molecule has 1 saturated carbocycles. The molecule has 0 spiro atoms. The topological polar surface area (TPSA) is 20.3 Å². The van der Waals surface area contributed by atoms with Gasteiger partial charge in [0, 0.05) is 19.0 Å². The van der Waals surface area contributed by atoms with Gasteiger partial charge >= 0.3 is 0 Å². The molecule has 0 N–H and O–H groups in total. The molecule has 1 aliphatic rings. The largest absolute Gasteiger partial charge is 0.335 e. The Labute approximate surface area is 136 Å². The van der Waals surface area contributed by atoms with Gasteiger partial charge in [0.15, 0.2) is 0 Å². The molecule has 1 amide bonds. The Morgan fingerprint density at radius 3 is 2.57 bits per heavy atom. The minimum atomic E-state index is -0.242. The number of amides is 1. The summed E-state index contributed by atoms with van der Waals surface area (Å²) >= 11 is 0. The number of nitrogens with zero attached hydrogens (tertiary/aromatic N) is 1. The van der Waals surface area contributed by atoms with Gasteiger partial charge in [-0.2, -0.15) is 0 Å². The van der Waals surface area contributed by atoms with E-state index in [-0.39, 0.29) is 11.7 Å². The Bertz CT molecular complexity index is 694. The zero-order chi connectivity index (χ0) is 16.2. The van der Waals surface area contributed by atoms with Crippen LogP contribution in [0.3, 0.4) is 0 Å². The van der Waals surface area contributed by atoms with Gasteiger partial charge in [0.05, 0.1) is 0 Å². The van der Waals surface area contributed by atoms with Crippen LogP contribution >= 0.6 is 0 Å². The van der Waals surface area contributed by atoms with E-state index in [9.17, 15) is 9.18 Å². The second kappa shape index (κ2) is 6.95. The summed E-state index contributed by atoms with van der Waals surface area (Å²) in [6, 6.07) is 15.2. The van der Waals surface area contributed by atoms with Crippen LogP contribution in [0.4, 0.5) is 4.39 Å². The molecule has 0 saturated heterocycles. The van der Waals surface area contributed by atoms with Crippen LogP contribution in [-0.4, -0.2) is 16.8 Å². The second-order valence-corrected chi connectivity index (χ2v) is 6.37. The first-order valence-corrected chi connectivity index (χ1v) is 8.21. The fourth-order valence-electron chi connectivity index (χ4n) is 2.90. The average Bonchev–Trinajstić information content (AvgIpc) is 3.35. The zero-order valence-corrected chi connectivity index (χ0v) is 13.5. The lowest BCUT2D eigenvalue weighted by atomic mass is 10.1. The molecule has 2 aromatic rings. The molecule has 2 aromatic carbocycles. The number of halogens is 1. The molecule has 2 nitrogen and oxygen atoms in total. The van der Waals surface area contributed by atoms with E-state index >= 15 is 0 Å². The summed E-state index contributed by atoms with van der Waals surface area (Å²) in [4.78, 5) is 14.6. The van der Waals surface area contributed by atoms with Crippen LogP contribution in [0.15, 0.2) is 48.5 Å². The van der Waals surface area contributed by atoms with Crippen LogP contribution < -0.4 is 0 Å². The van der Waals surface area contributed by atoms with Crippen LogP contribution in [0.2, 0.25) is 0 Å². The first-order valence-electron chi connectivity index (χ1n) is 8.21. The molecule has 1 fully saturated rings. The van der Waals surface area contributed by atoms with E-state index in [4.69, 9.17) is 0 Å². The quantitative estimate of drug-likeness (QED) is 0.780. The van der Waals surface area contributed by atoms with Gasteiger partial charge in [-0.1, -0.05) is 42.0 Å². The smallest absolute Gasteiger partial charge is 0.223 e. The highest BCUT2D eigenvalue weighted by Gasteiger charge is 2.32. The molecular formula is C20H22FNO. The summed E-state index contributed by atoms with van der Waals surface area (Å²) in [6.07, 6.45) is 3.22. The SMILES string of the molecule is Cc1cccc(CN(C(=O)CCc2cccc(F)c2)C2CC2)c1. The van der Waals surface area contributed by atoms with E-state index in [1.807, 2.05) is 17.0 Å². The minimum absolute atomic E-state index is 0.165. The normalized spacial score (nSPS) is 13.8. The molecule has 0 bridgehead atoms. The van der Waals surface area contributed by atoms with Crippen molar-refractivity contribution in [3.05, 3.63) is 71.0 Å². The summed E-state index contributed by atoms with van der Waals surface area (Å²) in [7, 11) is 0. The van der Waals surface area contributed by atoms with Gasteiger partial charge in [0.2, 0.25) is 5.91 Å². The Balaban J connectivity index is 1.63. The first kappa shape index (κ1) is 15.7. The maximum Gasteiger partial charge on any atom is 0.223 e. The summed E-state index contributed by atoms with van der Waals surface area (Å²) in [5.74, 6) is -0.0768. The number of aryl methyl sites for hydroxylation is 2. The van der Waals surface area contributed by atoms with Crippen LogP contribution in [0, 0.1) is 12.7 Å². The molecular weight excluding hydrogens is 289 g/mol. The molecule has 0 atom stereocenters. The van der Waals surface area contributed by atoms with Crippen molar-refractivity contribution in [2.75, 3.05) is 0 Å². The van der Waals surface area contributed by atoms with Crippen LogP contribution in [-0.2, 0) is 17.8 Å². The van der Waals surface area contributed by atoms with Crippen molar-refractivity contribution in [2.45, 2.75) is 45.2 Å². The van der Waals surface area contributed by atoms with Gasteiger partial charge in [-0.15, -0.1) is 0 Å². The van der Waals surface area contributed by atoms with Crippen LogP contribution in [0.5, 0.6) is 0 Å². The molecule has 0 heterocycles. The predicted octanol–water partition coefficient (Wildman–Crippen LogP) is 4.26. The Morgan fingerprint density at radius 1 is 1.13 bits per heavy atom. The van der Waals surface area contributed by atoms with Gasteiger partial charge in [0.25, 0.3) is 0 Å². The Morgan fingerprint density at radius 2 is 1.87 bits per heavy atom. The van der Waals surface area contributed by atoms with Gasteiger partial charge in [0.1, 0.15) is 5.82 Å². The van der Waals surface area contributed by atoms with Gasteiger partial charge in [-0.05, 0) is 49.4 Å². The molecule has 3 heteroatoms. The van der Waals surface area contributed by atoms with E-state index in [0.717, 1.165) is 18.4 Å². The number of hydrogen-bond donors (Lipinski definition) is 0. The number of benzene rings is 2. The minimum Gasteiger partial charge on any atom is -0.335 e. The molecule has 0 aromatic heterocycles. The number of carbonyl (C=O) groups is 1. The molecule has 0 radical (unpaired) electrons. The summed E-state index contributed by atoms with van der Waals surface area (Å²) < 4.78 is 13.2. The molecule has 3 rings (SSSR count). The lowest BCUT2D eigenvalue weighted by Gasteiger charge is -2.23. The van der Waals surface area contributed by atoms with Crippen molar-refractivity contribution in [1.82, 2.24) is 4.90 Å². The third-order valence-electron chi connectivity index (χ3n) is 4.26. The number of carbonyl (C=O) groups excluding carboxylic acids is 1. The lowest BCUT2D eigenvalue weighted by Crippen LogP contribution is -2.32. The van der Waals surface area contributed by atoms with E-state index in [2.05, 4.69) is 25.1 Å². The van der Waals surface area contributed by atoms with Crippen LogP contribution in [0.1, 0.15) is 36.0 Å². The summed E-state index contributed by atoms with van der Waals surface area (Å²) in [6.45, 7) is 2.74. The van der Waals surface area contributed by atoms with Crippen molar-refractivity contribution in [1.29, 1.82) is 0 Å². The van der Waals surface area contributed by atoms with Gasteiger partial charge < -0.3 is 4.90 Å². The highest BCUT2D eigenvalue weighted by atomic mass is 19.1. The van der Waals surface area contributed by atoms with Crippen molar-refractivity contribution in [3.63, 3.8) is 0 Å². The molecule has 120 valence electrons. The van der Waals surface area contributed by atoms with Gasteiger partial charge in [-0.25, -0.2) is 4.39 Å². The Hall–Kier alpha value is -2.16. The van der Waals surface area contributed by atoms with E-state index < -0.39 is 0 Å². The monoisotopic (exact) mass is 311 g/mol. The average molecular weight is 311 g/mol.